The minimum absolute atomic E-state index is 0.231. The van der Waals surface area contributed by atoms with E-state index in [1.54, 1.807) is 7.11 Å². The molecule has 1 atom stereocenters. The van der Waals surface area contributed by atoms with Crippen LogP contribution in [0.3, 0.4) is 0 Å². The molecule has 1 unspecified atom stereocenters. The summed E-state index contributed by atoms with van der Waals surface area (Å²) >= 11 is 0. The van der Waals surface area contributed by atoms with Crippen LogP contribution in [0.1, 0.15) is 32.4 Å². The molecule has 0 aromatic carbocycles. The molecule has 1 saturated heterocycles. The van der Waals surface area contributed by atoms with Crippen LogP contribution in [0.5, 0.6) is 0 Å². The van der Waals surface area contributed by atoms with Gasteiger partial charge >= 0.3 is 0 Å². The van der Waals surface area contributed by atoms with Crippen molar-refractivity contribution < 1.29 is 9.53 Å². The van der Waals surface area contributed by atoms with Crippen molar-refractivity contribution in [2.24, 2.45) is 5.92 Å². The molecular weight excluding hydrogens is 340 g/mol. The molecule has 27 heavy (non-hydrogen) atoms. The Morgan fingerprint density at radius 3 is 2.96 bits per heavy atom. The molecule has 6 heteroatoms. The molecule has 0 radical (unpaired) electrons. The van der Waals surface area contributed by atoms with E-state index in [9.17, 15) is 4.79 Å². The van der Waals surface area contributed by atoms with Crippen LogP contribution in [0.25, 0.3) is 5.82 Å². The zero-order valence-corrected chi connectivity index (χ0v) is 16.4. The van der Waals surface area contributed by atoms with Gasteiger partial charge in [-0.1, -0.05) is 13.8 Å². The number of hydrogen-bond donors (Lipinski definition) is 0. The molecule has 2 aliphatic heterocycles. The first-order valence-electron chi connectivity index (χ1n) is 9.74. The smallest absolute Gasteiger partial charge is 0.222 e. The van der Waals surface area contributed by atoms with Crippen molar-refractivity contribution in [2.75, 3.05) is 38.3 Å². The zero-order chi connectivity index (χ0) is 19.0. The monoisotopic (exact) mass is 368 g/mol. The normalized spacial score (nSPS) is 21.0. The second kappa shape index (κ2) is 7.00. The highest BCUT2D eigenvalue weighted by atomic mass is 16.5. The maximum absolute atomic E-state index is 12.8. The van der Waals surface area contributed by atoms with Crippen molar-refractivity contribution in [1.29, 1.82) is 0 Å². The van der Waals surface area contributed by atoms with Gasteiger partial charge in [0, 0.05) is 45.6 Å². The summed E-state index contributed by atoms with van der Waals surface area (Å²) in [6.07, 6.45) is 5.43. The molecular formula is C21H28N4O2. The van der Waals surface area contributed by atoms with Gasteiger partial charge in [0.1, 0.15) is 5.54 Å². The van der Waals surface area contributed by atoms with Crippen LogP contribution in [0, 0.1) is 5.92 Å². The number of hydrogen-bond acceptors (Lipinski definition) is 4. The van der Waals surface area contributed by atoms with E-state index in [0.29, 0.717) is 25.5 Å². The summed E-state index contributed by atoms with van der Waals surface area (Å²) in [5.74, 6) is 1.58. The van der Waals surface area contributed by atoms with Crippen LogP contribution in [-0.4, -0.2) is 53.7 Å². The molecule has 2 aromatic heterocycles. The van der Waals surface area contributed by atoms with Gasteiger partial charge in [0.05, 0.1) is 18.0 Å². The highest BCUT2D eigenvalue weighted by Gasteiger charge is 2.50. The van der Waals surface area contributed by atoms with Gasteiger partial charge in [0.25, 0.3) is 0 Å². The molecule has 1 spiro atoms. The largest absolute Gasteiger partial charge is 0.383 e. The Hall–Kier alpha value is -2.34. The van der Waals surface area contributed by atoms with E-state index in [-0.39, 0.29) is 11.4 Å². The minimum Gasteiger partial charge on any atom is -0.383 e. The highest BCUT2D eigenvalue weighted by Crippen LogP contribution is 2.46. The lowest BCUT2D eigenvalue weighted by Crippen LogP contribution is -2.53. The molecule has 0 saturated carbocycles. The van der Waals surface area contributed by atoms with Gasteiger partial charge in [-0.25, -0.2) is 4.98 Å². The Morgan fingerprint density at radius 2 is 2.19 bits per heavy atom. The van der Waals surface area contributed by atoms with Crippen molar-refractivity contribution in [3.8, 4) is 5.82 Å². The molecule has 6 nitrogen and oxygen atoms in total. The van der Waals surface area contributed by atoms with E-state index < -0.39 is 0 Å². The van der Waals surface area contributed by atoms with E-state index in [0.717, 1.165) is 31.0 Å². The molecule has 4 rings (SSSR count). The molecule has 0 bridgehead atoms. The van der Waals surface area contributed by atoms with Crippen LogP contribution >= 0.6 is 0 Å². The van der Waals surface area contributed by atoms with Gasteiger partial charge in [-0.2, -0.15) is 0 Å². The number of pyridine rings is 1. The summed E-state index contributed by atoms with van der Waals surface area (Å²) in [6, 6.07) is 8.36. The van der Waals surface area contributed by atoms with E-state index in [4.69, 9.17) is 4.74 Å². The van der Waals surface area contributed by atoms with Crippen LogP contribution < -0.4 is 4.90 Å². The number of amides is 1. The van der Waals surface area contributed by atoms with E-state index in [1.807, 2.05) is 17.2 Å². The van der Waals surface area contributed by atoms with E-state index >= 15 is 0 Å². The molecule has 2 aliphatic rings. The molecule has 0 N–H and O–H groups in total. The van der Waals surface area contributed by atoms with Crippen molar-refractivity contribution in [1.82, 2.24) is 14.5 Å². The maximum Gasteiger partial charge on any atom is 0.222 e. The number of likely N-dealkylation sites (tertiary alicyclic amines) is 1. The lowest BCUT2D eigenvalue weighted by Gasteiger charge is -2.47. The van der Waals surface area contributed by atoms with Crippen LogP contribution in [-0.2, 0) is 15.1 Å². The molecule has 144 valence electrons. The fraction of sp³-hybridized carbons (Fsp3) is 0.524. The first kappa shape index (κ1) is 18.0. The van der Waals surface area contributed by atoms with E-state index in [1.165, 1.54) is 5.69 Å². The second-order valence-electron chi connectivity index (χ2n) is 7.95. The number of rotatable bonds is 5. The van der Waals surface area contributed by atoms with Gasteiger partial charge in [-0.3, -0.25) is 4.79 Å². The summed E-state index contributed by atoms with van der Waals surface area (Å²) < 4.78 is 7.60. The van der Waals surface area contributed by atoms with Crippen molar-refractivity contribution >= 4 is 11.6 Å². The third kappa shape index (κ3) is 2.92. The van der Waals surface area contributed by atoms with Crippen LogP contribution in [0.15, 0.2) is 36.7 Å². The summed E-state index contributed by atoms with van der Waals surface area (Å²) in [4.78, 5) is 21.9. The minimum atomic E-state index is -0.231. The summed E-state index contributed by atoms with van der Waals surface area (Å²) in [5.41, 5.74) is 2.09. The number of carbonyl (C=O) groups excluding carboxylic acids is 1. The maximum atomic E-state index is 12.8. The lowest BCUT2D eigenvalue weighted by molar-refractivity contribution is -0.131. The van der Waals surface area contributed by atoms with Crippen molar-refractivity contribution in [2.45, 2.75) is 32.2 Å². The first-order chi connectivity index (χ1) is 13.1. The summed E-state index contributed by atoms with van der Waals surface area (Å²) in [6.45, 7) is 7.10. The Morgan fingerprint density at radius 1 is 1.33 bits per heavy atom. The third-order valence-corrected chi connectivity index (χ3v) is 5.73. The van der Waals surface area contributed by atoms with E-state index in [2.05, 4.69) is 52.7 Å². The average Bonchev–Trinajstić information content (AvgIpc) is 3.30. The second-order valence-corrected chi connectivity index (χ2v) is 7.95. The van der Waals surface area contributed by atoms with Gasteiger partial charge in [-0.05, 0) is 36.6 Å². The molecule has 2 aromatic rings. The van der Waals surface area contributed by atoms with Crippen molar-refractivity contribution in [3.05, 3.63) is 42.4 Å². The molecule has 4 heterocycles. The van der Waals surface area contributed by atoms with Gasteiger partial charge < -0.3 is 19.1 Å². The van der Waals surface area contributed by atoms with Gasteiger partial charge in [-0.15, -0.1) is 0 Å². The van der Waals surface area contributed by atoms with Gasteiger partial charge in [0.2, 0.25) is 5.91 Å². The van der Waals surface area contributed by atoms with Gasteiger partial charge in [0.15, 0.2) is 5.82 Å². The Balaban J connectivity index is 1.76. The average molecular weight is 368 g/mol. The summed E-state index contributed by atoms with van der Waals surface area (Å²) in [5, 5.41) is 0. The van der Waals surface area contributed by atoms with Crippen LogP contribution in [0.2, 0.25) is 0 Å². The zero-order valence-electron chi connectivity index (χ0n) is 16.4. The number of anilines is 1. The fourth-order valence-corrected chi connectivity index (χ4v) is 4.53. The number of carbonyl (C=O) groups is 1. The lowest BCUT2D eigenvalue weighted by atomic mass is 9.89. The Bertz CT molecular complexity index is 831. The van der Waals surface area contributed by atoms with Crippen molar-refractivity contribution in [3.63, 3.8) is 0 Å². The molecule has 1 fully saturated rings. The predicted molar refractivity (Wildman–Crippen MR) is 105 cm³/mol. The standard InChI is InChI=1S/C21H28N4O2/c1-16(2)14-19(26)23-11-8-21(15-23)18-7-5-10-24(18)20-17(6-4-9-22-20)25(21)12-13-27-3/h4-7,9-10,16H,8,11-15H2,1-3H3. The fourth-order valence-electron chi connectivity index (χ4n) is 4.53. The quantitative estimate of drug-likeness (QED) is 0.814. The number of fused-ring (bicyclic) bond motifs is 4. The third-order valence-electron chi connectivity index (χ3n) is 5.73. The first-order valence-corrected chi connectivity index (χ1v) is 9.74. The highest BCUT2D eigenvalue weighted by molar-refractivity contribution is 5.77. The van der Waals surface area contributed by atoms with Crippen LogP contribution in [0.4, 0.5) is 5.69 Å². The topological polar surface area (TPSA) is 50.6 Å². The Kier molecular flexibility index (Phi) is 4.68. The number of nitrogens with zero attached hydrogens (tertiary/aromatic N) is 4. The number of methoxy groups -OCH3 is 1. The SMILES string of the molecule is COCCN1c2cccnc2-n2cccc2C12CCN(C(=O)CC(C)C)C2. The summed E-state index contributed by atoms with van der Waals surface area (Å²) in [7, 11) is 1.73. The Labute approximate surface area is 160 Å². The number of aromatic nitrogens is 2. The molecule has 0 aliphatic carbocycles. The molecule has 1 amide bonds. The predicted octanol–water partition coefficient (Wildman–Crippen LogP) is 2.81. The number of ether oxygens (including phenoxy) is 1.